The highest BCUT2D eigenvalue weighted by molar-refractivity contribution is 5.94. The molecule has 0 bridgehead atoms. The highest BCUT2D eigenvalue weighted by Gasteiger charge is 2.28. The number of nitrogens with one attached hydrogen (secondary N) is 2. The lowest BCUT2D eigenvalue weighted by molar-refractivity contribution is -0.136. The van der Waals surface area contributed by atoms with E-state index in [1.54, 1.807) is 35.8 Å². The third-order valence-corrected chi connectivity index (χ3v) is 6.35. The number of amides is 2. The highest BCUT2D eigenvalue weighted by Crippen LogP contribution is 2.27. The largest absolute Gasteiger partial charge is 0.489 e. The van der Waals surface area contributed by atoms with E-state index in [0.29, 0.717) is 43.2 Å². The molecule has 1 fully saturated rings. The van der Waals surface area contributed by atoms with Crippen LogP contribution in [0.5, 0.6) is 5.75 Å². The quantitative estimate of drug-likeness (QED) is 0.216. The fraction of sp³-hybridized carbons (Fsp3) is 0.296. The summed E-state index contributed by atoms with van der Waals surface area (Å²) in [5.41, 5.74) is 2.14. The molecular weight excluding hydrogens is 517 g/mol. The number of hydrogen-bond acceptors (Lipinski definition) is 7. The molecule has 0 aliphatic carbocycles. The van der Waals surface area contributed by atoms with Crippen molar-refractivity contribution in [2.24, 2.45) is 0 Å². The van der Waals surface area contributed by atoms with E-state index in [2.05, 4.69) is 10.3 Å². The second-order valence-electron chi connectivity index (χ2n) is 8.87. The Kier molecular flexibility index (Phi) is 9.12. The van der Waals surface area contributed by atoms with Crippen LogP contribution in [0.2, 0.25) is 0 Å². The van der Waals surface area contributed by atoms with Crippen molar-refractivity contribution in [3.8, 4) is 17.0 Å². The summed E-state index contributed by atoms with van der Waals surface area (Å²) in [4.78, 5) is 30.6. The minimum atomic E-state index is -1.24. The van der Waals surface area contributed by atoms with Gasteiger partial charge in [-0.05, 0) is 55.0 Å². The Hall–Kier alpha value is -4.00. The Bertz CT molecular complexity index is 1330. The average molecular weight is 545 g/mol. The molecule has 1 aliphatic heterocycles. The van der Waals surface area contributed by atoms with Gasteiger partial charge in [-0.15, -0.1) is 0 Å². The second kappa shape index (κ2) is 12.7. The predicted octanol–water partition coefficient (Wildman–Crippen LogP) is 2.99. The Labute approximate surface area is 222 Å². The van der Waals surface area contributed by atoms with Gasteiger partial charge in [-0.3, -0.25) is 24.7 Å². The number of carbonyl (C=O) groups is 2. The first-order valence-electron chi connectivity index (χ1n) is 12.1. The molecule has 1 aliphatic rings. The van der Waals surface area contributed by atoms with Gasteiger partial charge in [0.25, 0.3) is 11.8 Å². The first-order chi connectivity index (χ1) is 18.8. The molecule has 2 aromatic carbocycles. The van der Waals surface area contributed by atoms with Crippen molar-refractivity contribution in [2.45, 2.75) is 19.6 Å². The molecule has 2 heterocycles. The van der Waals surface area contributed by atoms with E-state index in [-0.39, 0.29) is 24.4 Å². The number of pyridine rings is 1. The van der Waals surface area contributed by atoms with Crippen molar-refractivity contribution < 1.29 is 37.4 Å². The van der Waals surface area contributed by atoms with E-state index in [1.165, 1.54) is 12.3 Å². The molecule has 0 spiro atoms. The summed E-state index contributed by atoms with van der Waals surface area (Å²) < 4.78 is 53.0. The zero-order chi connectivity index (χ0) is 27.9. The smallest absolute Gasteiger partial charge is 0.262 e. The average Bonchev–Trinajstić information content (AvgIpc) is 2.97. The fourth-order valence-electron chi connectivity index (χ4n) is 4.14. The lowest BCUT2D eigenvalue weighted by Crippen LogP contribution is -2.55. The Balaban J connectivity index is 1.36. The van der Waals surface area contributed by atoms with Gasteiger partial charge in [0, 0.05) is 42.5 Å². The van der Waals surface area contributed by atoms with Gasteiger partial charge in [0.05, 0.1) is 18.9 Å². The molecule has 4 rings (SSSR count). The Morgan fingerprint density at radius 3 is 2.51 bits per heavy atom. The number of nitrogens with zero attached hydrogens (tertiary/aromatic N) is 2. The highest BCUT2D eigenvalue weighted by atomic mass is 19.2. The number of aromatic nitrogens is 1. The summed E-state index contributed by atoms with van der Waals surface area (Å²) in [6, 6.07) is 9.47. The number of hydroxylamine groups is 1. The Morgan fingerprint density at radius 1 is 1.10 bits per heavy atom. The molecule has 1 saturated heterocycles. The van der Waals surface area contributed by atoms with Crippen molar-refractivity contribution in [3.05, 3.63) is 82.8 Å². The van der Waals surface area contributed by atoms with Crippen molar-refractivity contribution in [1.29, 1.82) is 0 Å². The van der Waals surface area contributed by atoms with Crippen LogP contribution in [0.15, 0.2) is 48.7 Å². The van der Waals surface area contributed by atoms with Crippen LogP contribution in [-0.4, -0.2) is 65.8 Å². The summed E-state index contributed by atoms with van der Waals surface area (Å²) in [5, 5.41) is 11.8. The van der Waals surface area contributed by atoms with Crippen LogP contribution >= 0.6 is 0 Å². The van der Waals surface area contributed by atoms with E-state index in [0.717, 1.165) is 13.0 Å². The first-order valence-corrected chi connectivity index (χ1v) is 12.1. The molecule has 1 aromatic heterocycles. The van der Waals surface area contributed by atoms with Gasteiger partial charge in [-0.25, -0.2) is 18.7 Å². The summed E-state index contributed by atoms with van der Waals surface area (Å²) >= 11 is 0. The number of carbonyl (C=O) groups excluding carboxylic acids is 2. The third-order valence-electron chi connectivity index (χ3n) is 6.35. The molecule has 12 heteroatoms. The lowest BCUT2D eigenvalue weighted by Gasteiger charge is -2.33. The predicted molar refractivity (Wildman–Crippen MR) is 134 cm³/mol. The summed E-state index contributed by atoms with van der Waals surface area (Å²) in [7, 11) is 0. The standard InChI is InChI=1S/C27H27F3N4O5/c1-16-24(29)20(13-21(28)25(16)30)22-12-17(6-7-31-22)15-39-19-4-2-18(3-5-19)26(35)32-14-23(27(36)33-37)34-8-10-38-11-9-34/h2-7,12-13,23,37H,8-11,14-15H2,1H3,(H,32,35)(H,33,36). The van der Waals surface area contributed by atoms with Crippen LogP contribution in [0.3, 0.4) is 0 Å². The van der Waals surface area contributed by atoms with Gasteiger partial charge in [0.1, 0.15) is 24.2 Å². The summed E-state index contributed by atoms with van der Waals surface area (Å²) in [6.07, 6.45) is 1.42. The van der Waals surface area contributed by atoms with Crippen molar-refractivity contribution in [2.75, 3.05) is 32.8 Å². The van der Waals surface area contributed by atoms with Gasteiger partial charge in [0.15, 0.2) is 11.6 Å². The van der Waals surface area contributed by atoms with E-state index < -0.39 is 40.9 Å². The second-order valence-corrected chi connectivity index (χ2v) is 8.87. The van der Waals surface area contributed by atoms with Gasteiger partial charge in [0.2, 0.25) is 0 Å². The maximum Gasteiger partial charge on any atom is 0.262 e. The number of rotatable bonds is 9. The lowest BCUT2D eigenvalue weighted by atomic mass is 10.0. The number of ether oxygens (including phenoxy) is 2. The fourth-order valence-corrected chi connectivity index (χ4v) is 4.14. The van der Waals surface area contributed by atoms with Crippen LogP contribution < -0.4 is 15.5 Å². The molecule has 0 saturated carbocycles. The minimum Gasteiger partial charge on any atom is -0.489 e. The molecular formula is C27H27F3N4O5. The van der Waals surface area contributed by atoms with Crippen LogP contribution in [-0.2, 0) is 16.1 Å². The zero-order valence-electron chi connectivity index (χ0n) is 21.0. The molecule has 1 unspecified atom stereocenters. The van der Waals surface area contributed by atoms with Crippen LogP contribution in [0.4, 0.5) is 13.2 Å². The van der Waals surface area contributed by atoms with E-state index in [9.17, 15) is 22.8 Å². The number of benzene rings is 2. The summed E-state index contributed by atoms with van der Waals surface area (Å²) in [6.45, 7) is 3.11. The van der Waals surface area contributed by atoms with Crippen LogP contribution in [0.25, 0.3) is 11.3 Å². The number of hydrogen-bond donors (Lipinski definition) is 3. The Morgan fingerprint density at radius 2 is 1.82 bits per heavy atom. The van der Waals surface area contributed by atoms with Crippen LogP contribution in [0.1, 0.15) is 21.5 Å². The first kappa shape index (κ1) is 28.0. The van der Waals surface area contributed by atoms with E-state index in [1.807, 2.05) is 4.90 Å². The van der Waals surface area contributed by atoms with Crippen molar-refractivity contribution in [1.82, 2.24) is 20.7 Å². The molecule has 206 valence electrons. The third kappa shape index (κ3) is 6.72. The molecule has 39 heavy (non-hydrogen) atoms. The molecule has 1 atom stereocenters. The van der Waals surface area contributed by atoms with E-state index >= 15 is 0 Å². The zero-order valence-corrected chi connectivity index (χ0v) is 21.0. The molecule has 3 aromatic rings. The summed E-state index contributed by atoms with van der Waals surface area (Å²) in [5.74, 6) is -3.87. The topological polar surface area (TPSA) is 113 Å². The monoisotopic (exact) mass is 544 g/mol. The molecule has 0 radical (unpaired) electrons. The maximum absolute atomic E-state index is 14.5. The number of halogens is 3. The van der Waals surface area contributed by atoms with Crippen molar-refractivity contribution in [3.63, 3.8) is 0 Å². The van der Waals surface area contributed by atoms with Gasteiger partial charge < -0.3 is 14.8 Å². The van der Waals surface area contributed by atoms with Crippen molar-refractivity contribution >= 4 is 11.8 Å². The van der Waals surface area contributed by atoms with Gasteiger partial charge >= 0.3 is 0 Å². The van der Waals surface area contributed by atoms with Gasteiger partial charge in [-0.1, -0.05) is 0 Å². The molecule has 9 nitrogen and oxygen atoms in total. The molecule has 3 N–H and O–H groups in total. The minimum absolute atomic E-state index is 0.00801. The maximum atomic E-state index is 14.5. The van der Waals surface area contributed by atoms with Gasteiger partial charge in [-0.2, -0.15) is 0 Å². The number of morpholine rings is 1. The SMILES string of the molecule is Cc1c(F)c(F)cc(-c2cc(COc3ccc(C(=O)NCC(C(=O)NO)N4CCOCC4)cc3)ccn2)c1F. The van der Waals surface area contributed by atoms with E-state index in [4.69, 9.17) is 14.7 Å². The molecule has 2 amide bonds. The van der Waals surface area contributed by atoms with Crippen LogP contribution in [0, 0.1) is 24.4 Å². The normalized spacial score (nSPS) is 14.5.